The molecule has 2 N–H and O–H groups in total. The molecule has 8 nitrogen and oxygen atoms in total. The molecule has 1 aromatic rings. The summed E-state index contributed by atoms with van der Waals surface area (Å²) >= 11 is 0. The minimum absolute atomic E-state index is 0.0260. The summed E-state index contributed by atoms with van der Waals surface area (Å²) in [5.41, 5.74) is 0.730. The van der Waals surface area contributed by atoms with Crippen molar-refractivity contribution in [3.8, 4) is 5.75 Å². The Bertz CT molecular complexity index is 684. The Kier molecular flexibility index (Phi) is 6.24. The Hall–Kier alpha value is -2.74. The van der Waals surface area contributed by atoms with E-state index in [0.29, 0.717) is 36.5 Å². The van der Waals surface area contributed by atoms with Crippen LogP contribution in [-0.2, 0) is 9.59 Å². The smallest absolute Gasteiger partial charge is 0.335 e. The monoisotopic (exact) mass is 347 g/mol. The third-order valence-corrected chi connectivity index (χ3v) is 3.82. The zero-order valence-corrected chi connectivity index (χ0v) is 14.2. The topological polar surface area (TPSA) is 108 Å². The highest BCUT2D eigenvalue weighted by atomic mass is 16.5. The Morgan fingerprint density at radius 2 is 1.96 bits per heavy atom. The molecule has 1 unspecified atom stereocenters. The van der Waals surface area contributed by atoms with Crippen LogP contribution in [0.1, 0.15) is 19.8 Å². The predicted octanol–water partition coefficient (Wildman–Crippen LogP) is 1.13. The van der Waals surface area contributed by atoms with Crippen molar-refractivity contribution in [2.24, 2.45) is 10.9 Å². The van der Waals surface area contributed by atoms with Gasteiger partial charge in [0.05, 0.1) is 12.8 Å². The number of aliphatic hydroxyl groups excluding tert-OH is 1. The number of hydrogen-bond acceptors (Lipinski definition) is 6. The maximum Gasteiger partial charge on any atom is 0.335 e. The van der Waals surface area contributed by atoms with Crippen LogP contribution in [0.4, 0.5) is 10.5 Å². The number of aliphatic imine (C=N–C) groups is 1. The van der Waals surface area contributed by atoms with E-state index in [1.807, 2.05) is 0 Å². The standard InChI is InChI=1S/C17H21N3O5/c1-3-13(18-9-4-10-21)14-15(22)19-17(24)20(16(14)23)11-5-7-12(25-2)8-6-11/h5-8,14,21H,3-4,9-10H2,1-2H3,(H,19,22,24). The first-order valence-corrected chi connectivity index (χ1v) is 8.00. The van der Waals surface area contributed by atoms with Crippen molar-refractivity contribution in [2.45, 2.75) is 19.8 Å². The highest BCUT2D eigenvalue weighted by molar-refractivity contribution is 6.35. The van der Waals surface area contributed by atoms with Gasteiger partial charge in [0, 0.05) is 18.9 Å². The van der Waals surface area contributed by atoms with E-state index in [-0.39, 0.29) is 6.61 Å². The second-order valence-electron chi connectivity index (χ2n) is 5.40. The average Bonchev–Trinajstić information content (AvgIpc) is 2.60. The van der Waals surface area contributed by atoms with E-state index in [4.69, 9.17) is 9.84 Å². The summed E-state index contributed by atoms with van der Waals surface area (Å²) < 4.78 is 5.06. The van der Waals surface area contributed by atoms with Gasteiger partial charge >= 0.3 is 6.03 Å². The van der Waals surface area contributed by atoms with Gasteiger partial charge in [-0.1, -0.05) is 6.92 Å². The number of imide groups is 2. The van der Waals surface area contributed by atoms with Gasteiger partial charge in [-0.3, -0.25) is 19.9 Å². The number of rotatable bonds is 7. The number of nitrogens with one attached hydrogen (secondary N) is 1. The van der Waals surface area contributed by atoms with Crippen molar-refractivity contribution in [3.63, 3.8) is 0 Å². The van der Waals surface area contributed by atoms with Gasteiger partial charge in [0.2, 0.25) is 5.91 Å². The van der Waals surface area contributed by atoms with Crippen LogP contribution in [-0.4, -0.2) is 48.9 Å². The molecule has 1 fully saturated rings. The molecule has 4 amide bonds. The fraction of sp³-hybridized carbons (Fsp3) is 0.412. The number of methoxy groups -OCH3 is 1. The van der Waals surface area contributed by atoms with Crippen molar-refractivity contribution >= 4 is 29.2 Å². The minimum atomic E-state index is -1.15. The molecule has 0 bridgehead atoms. The molecular weight excluding hydrogens is 326 g/mol. The normalized spacial score (nSPS) is 18.4. The molecule has 1 aliphatic rings. The number of hydrogen-bond donors (Lipinski definition) is 2. The number of carbonyl (C=O) groups is 3. The molecule has 0 aromatic heterocycles. The maximum absolute atomic E-state index is 12.8. The Morgan fingerprint density at radius 1 is 1.28 bits per heavy atom. The highest BCUT2D eigenvalue weighted by Gasteiger charge is 2.43. The first kappa shape index (κ1) is 18.6. The van der Waals surface area contributed by atoms with Crippen LogP contribution in [0, 0.1) is 5.92 Å². The fourth-order valence-corrected chi connectivity index (χ4v) is 2.55. The lowest BCUT2D eigenvalue weighted by atomic mass is 9.96. The van der Waals surface area contributed by atoms with E-state index in [2.05, 4.69) is 10.3 Å². The fourth-order valence-electron chi connectivity index (χ4n) is 2.55. The number of barbiturate groups is 1. The molecule has 0 saturated carbocycles. The van der Waals surface area contributed by atoms with E-state index >= 15 is 0 Å². The maximum atomic E-state index is 12.8. The van der Waals surface area contributed by atoms with Crippen LogP contribution < -0.4 is 15.0 Å². The lowest BCUT2D eigenvalue weighted by Crippen LogP contribution is -2.60. The van der Waals surface area contributed by atoms with Crippen LogP contribution in [0.25, 0.3) is 0 Å². The number of nitrogens with zero attached hydrogens (tertiary/aromatic N) is 2. The number of ether oxygens (including phenoxy) is 1. The predicted molar refractivity (Wildman–Crippen MR) is 91.8 cm³/mol. The molecule has 2 rings (SSSR count). The van der Waals surface area contributed by atoms with Gasteiger partial charge in [-0.05, 0) is 37.1 Å². The number of benzene rings is 1. The molecule has 1 aliphatic heterocycles. The lowest BCUT2D eigenvalue weighted by Gasteiger charge is -2.30. The second kappa shape index (κ2) is 8.39. The van der Waals surface area contributed by atoms with Crippen molar-refractivity contribution in [2.75, 3.05) is 25.2 Å². The van der Waals surface area contributed by atoms with Crippen LogP contribution in [0.3, 0.4) is 0 Å². The molecule has 25 heavy (non-hydrogen) atoms. The van der Waals surface area contributed by atoms with Gasteiger partial charge in [0.1, 0.15) is 5.75 Å². The Labute approximate surface area is 145 Å². The van der Waals surface area contributed by atoms with Crippen LogP contribution in [0.5, 0.6) is 5.75 Å². The second-order valence-corrected chi connectivity index (χ2v) is 5.40. The van der Waals surface area contributed by atoms with Gasteiger partial charge < -0.3 is 9.84 Å². The zero-order valence-electron chi connectivity index (χ0n) is 14.2. The zero-order chi connectivity index (χ0) is 18.4. The van der Waals surface area contributed by atoms with Gasteiger partial charge in [-0.15, -0.1) is 0 Å². The minimum Gasteiger partial charge on any atom is -0.497 e. The molecule has 0 aliphatic carbocycles. The summed E-state index contributed by atoms with van der Waals surface area (Å²) in [4.78, 5) is 42.4. The molecule has 1 atom stereocenters. The van der Waals surface area contributed by atoms with Crippen LogP contribution >= 0.6 is 0 Å². The van der Waals surface area contributed by atoms with E-state index < -0.39 is 23.8 Å². The van der Waals surface area contributed by atoms with E-state index in [0.717, 1.165) is 4.90 Å². The van der Waals surface area contributed by atoms with Crippen molar-refractivity contribution in [1.82, 2.24) is 5.32 Å². The number of amides is 4. The summed E-state index contributed by atoms with van der Waals surface area (Å²) in [6.07, 6.45) is 0.826. The van der Waals surface area contributed by atoms with Crippen molar-refractivity contribution in [1.29, 1.82) is 0 Å². The first-order chi connectivity index (χ1) is 12.0. The molecule has 1 heterocycles. The quantitative estimate of drug-likeness (QED) is 0.437. The highest BCUT2D eigenvalue weighted by Crippen LogP contribution is 2.24. The summed E-state index contributed by atoms with van der Waals surface area (Å²) in [6.45, 7) is 2.07. The Morgan fingerprint density at radius 3 is 2.52 bits per heavy atom. The summed E-state index contributed by atoms with van der Waals surface area (Å²) in [7, 11) is 1.51. The van der Waals surface area contributed by atoms with E-state index in [1.54, 1.807) is 31.2 Å². The molecule has 1 saturated heterocycles. The molecule has 0 spiro atoms. The average molecular weight is 347 g/mol. The summed E-state index contributed by atoms with van der Waals surface area (Å²) in [5, 5.41) is 11.1. The lowest BCUT2D eigenvalue weighted by molar-refractivity contribution is -0.131. The van der Waals surface area contributed by atoms with E-state index in [9.17, 15) is 14.4 Å². The van der Waals surface area contributed by atoms with Gasteiger partial charge in [0.15, 0.2) is 5.92 Å². The SMILES string of the molecule is CCC(=NCCCO)C1C(=O)NC(=O)N(c2ccc(OC)cc2)C1=O. The first-order valence-electron chi connectivity index (χ1n) is 8.00. The van der Waals surface area contributed by atoms with Crippen molar-refractivity contribution < 1.29 is 24.2 Å². The third kappa shape index (κ3) is 4.03. The van der Waals surface area contributed by atoms with Crippen LogP contribution in [0.15, 0.2) is 29.3 Å². The molecular formula is C17H21N3O5. The largest absolute Gasteiger partial charge is 0.497 e. The number of anilines is 1. The van der Waals surface area contributed by atoms with Gasteiger partial charge in [-0.25, -0.2) is 9.69 Å². The number of aliphatic hydroxyl groups is 1. The number of urea groups is 1. The van der Waals surface area contributed by atoms with Crippen molar-refractivity contribution in [3.05, 3.63) is 24.3 Å². The molecule has 134 valence electrons. The van der Waals surface area contributed by atoms with Crippen LogP contribution in [0.2, 0.25) is 0 Å². The van der Waals surface area contributed by atoms with E-state index in [1.165, 1.54) is 7.11 Å². The summed E-state index contributed by atoms with van der Waals surface area (Å²) in [5.74, 6) is -1.88. The Balaban J connectivity index is 2.32. The molecule has 0 radical (unpaired) electrons. The van der Waals surface area contributed by atoms with Gasteiger partial charge in [-0.2, -0.15) is 0 Å². The molecule has 8 heteroatoms. The van der Waals surface area contributed by atoms with Gasteiger partial charge in [0.25, 0.3) is 5.91 Å². The molecule has 1 aromatic carbocycles. The number of carbonyl (C=O) groups excluding carboxylic acids is 3. The summed E-state index contributed by atoms with van der Waals surface area (Å²) in [6, 6.07) is 5.59. The third-order valence-electron chi connectivity index (χ3n) is 3.82.